The van der Waals surface area contributed by atoms with Crippen molar-refractivity contribution in [3.63, 3.8) is 0 Å². The molecule has 0 radical (unpaired) electrons. The van der Waals surface area contributed by atoms with Gasteiger partial charge in [-0.1, -0.05) is 37.5 Å². The van der Waals surface area contributed by atoms with Gasteiger partial charge < -0.3 is 19.6 Å². The zero-order valence-corrected chi connectivity index (χ0v) is 22.4. The second-order valence-electron chi connectivity index (χ2n) is 11.2. The molecule has 10 heteroatoms. The summed E-state index contributed by atoms with van der Waals surface area (Å²) in [4.78, 5) is 36.6. The van der Waals surface area contributed by atoms with Gasteiger partial charge in [-0.05, 0) is 50.2 Å². The zero-order valence-electron chi connectivity index (χ0n) is 22.4. The summed E-state index contributed by atoms with van der Waals surface area (Å²) in [5.74, 6) is 0.374. The Morgan fingerprint density at radius 1 is 0.974 bits per heavy atom. The lowest BCUT2D eigenvalue weighted by atomic mass is 9.92. The molecule has 7 nitrogen and oxygen atoms in total. The Labute approximate surface area is 227 Å². The second kappa shape index (κ2) is 12.0. The Morgan fingerprint density at radius 2 is 1.72 bits per heavy atom. The van der Waals surface area contributed by atoms with E-state index in [9.17, 15) is 22.8 Å². The van der Waals surface area contributed by atoms with Gasteiger partial charge in [0, 0.05) is 62.9 Å². The van der Waals surface area contributed by atoms with Crippen molar-refractivity contribution in [3.8, 4) is 0 Å². The van der Waals surface area contributed by atoms with Crippen LogP contribution in [0.25, 0.3) is 10.9 Å². The number of hydrogen-bond acceptors (Lipinski definition) is 4. The van der Waals surface area contributed by atoms with E-state index in [2.05, 4.69) is 4.98 Å². The number of rotatable bonds is 6. The van der Waals surface area contributed by atoms with Gasteiger partial charge in [0.05, 0.1) is 5.52 Å². The average molecular weight is 546 g/mol. The molecule has 2 aromatic rings. The fraction of sp³-hybridized carbons (Fsp3) is 0.621. The monoisotopic (exact) mass is 545 g/mol. The number of urea groups is 1. The molecule has 3 aliphatic rings. The summed E-state index contributed by atoms with van der Waals surface area (Å²) in [6, 6.07) is 8.39. The molecule has 3 amide bonds. The maximum Gasteiger partial charge on any atom is 0.433 e. The average Bonchev–Trinajstić information content (AvgIpc) is 2.97. The smallest absolute Gasteiger partial charge is 0.367 e. The van der Waals surface area contributed by atoms with E-state index < -0.39 is 11.9 Å². The molecule has 1 unspecified atom stereocenters. The number of nitrogens with zero attached hydrogens (tertiary/aromatic N) is 5. The number of aromatic nitrogens is 1. The standard InChI is InChI=1S/C29H38F3N5O2/c30-29(31,32)27-19-26(24-10-4-5-11-25(24)33-27)34-15-17-35(18-16-34)28(39)36-13-6-7-22(20-36)12-14-37(21-38)23-8-2-1-3-9-23/h4-5,10-11,19,21-23H,1-3,6-9,12-18,20H2. The Morgan fingerprint density at radius 3 is 2.44 bits per heavy atom. The van der Waals surface area contributed by atoms with Crippen LogP contribution in [0, 0.1) is 5.92 Å². The highest BCUT2D eigenvalue weighted by atomic mass is 19.4. The van der Waals surface area contributed by atoms with Crippen LogP contribution in [0.1, 0.15) is 57.1 Å². The summed E-state index contributed by atoms with van der Waals surface area (Å²) in [5.41, 5.74) is -0.0710. The van der Waals surface area contributed by atoms with Gasteiger partial charge >= 0.3 is 12.2 Å². The fourth-order valence-electron chi connectivity index (χ4n) is 6.44. The van der Waals surface area contributed by atoms with Crippen molar-refractivity contribution in [2.75, 3.05) is 50.7 Å². The van der Waals surface area contributed by atoms with E-state index in [0.29, 0.717) is 61.3 Å². The molecule has 1 aromatic carbocycles. The molecular formula is C29H38F3N5O2. The van der Waals surface area contributed by atoms with Crippen molar-refractivity contribution in [3.05, 3.63) is 36.0 Å². The Hall–Kier alpha value is -3.04. The highest BCUT2D eigenvalue weighted by Gasteiger charge is 2.35. The quantitative estimate of drug-likeness (QED) is 0.457. The number of alkyl halides is 3. The maximum atomic E-state index is 13.5. The van der Waals surface area contributed by atoms with E-state index in [0.717, 1.165) is 57.7 Å². The Balaban J connectivity index is 1.17. The number of carbonyl (C=O) groups is 2. The number of piperidine rings is 1. The molecule has 2 aliphatic heterocycles. The van der Waals surface area contributed by atoms with Crippen LogP contribution in [-0.4, -0.2) is 84.0 Å². The molecule has 0 bridgehead atoms. The van der Waals surface area contributed by atoms with Crippen molar-refractivity contribution in [2.24, 2.45) is 5.92 Å². The van der Waals surface area contributed by atoms with Crippen molar-refractivity contribution < 1.29 is 22.8 Å². The van der Waals surface area contributed by atoms with E-state index in [1.54, 1.807) is 24.3 Å². The van der Waals surface area contributed by atoms with E-state index in [4.69, 9.17) is 0 Å². The first-order valence-electron chi connectivity index (χ1n) is 14.3. The van der Waals surface area contributed by atoms with Gasteiger partial charge in [0.2, 0.25) is 6.41 Å². The third-order valence-corrected chi connectivity index (χ3v) is 8.64. The lowest BCUT2D eigenvalue weighted by Crippen LogP contribution is -2.54. The van der Waals surface area contributed by atoms with E-state index in [-0.39, 0.29) is 6.03 Å². The molecule has 1 aliphatic carbocycles. The molecule has 1 aromatic heterocycles. The van der Waals surface area contributed by atoms with Crippen LogP contribution < -0.4 is 4.90 Å². The molecule has 2 saturated heterocycles. The van der Waals surface area contributed by atoms with Crippen LogP contribution in [-0.2, 0) is 11.0 Å². The van der Waals surface area contributed by atoms with Gasteiger partial charge in [-0.3, -0.25) is 4.79 Å². The lowest BCUT2D eigenvalue weighted by molar-refractivity contribution is -0.140. The van der Waals surface area contributed by atoms with Gasteiger partial charge in [0.15, 0.2) is 0 Å². The van der Waals surface area contributed by atoms with Crippen molar-refractivity contribution >= 4 is 29.0 Å². The number of halogens is 3. The minimum Gasteiger partial charge on any atom is -0.367 e. The minimum atomic E-state index is -4.53. The molecule has 3 heterocycles. The number of likely N-dealkylation sites (tertiary alicyclic amines) is 1. The highest BCUT2D eigenvalue weighted by molar-refractivity contribution is 5.92. The fourth-order valence-corrected chi connectivity index (χ4v) is 6.44. The van der Waals surface area contributed by atoms with Crippen molar-refractivity contribution in [1.82, 2.24) is 19.7 Å². The number of benzene rings is 1. The molecule has 3 fully saturated rings. The number of piperazine rings is 1. The van der Waals surface area contributed by atoms with Crippen LogP contribution in [0.15, 0.2) is 30.3 Å². The number of hydrogen-bond donors (Lipinski definition) is 0. The zero-order chi connectivity index (χ0) is 27.4. The molecule has 5 rings (SSSR count). The summed E-state index contributed by atoms with van der Waals surface area (Å²) >= 11 is 0. The predicted octanol–water partition coefficient (Wildman–Crippen LogP) is 5.39. The summed E-state index contributed by atoms with van der Waals surface area (Å²) in [6.07, 6.45) is 5.21. The van der Waals surface area contributed by atoms with Crippen LogP contribution >= 0.6 is 0 Å². The summed E-state index contributed by atoms with van der Waals surface area (Å²) in [6.45, 7) is 4.00. The van der Waals surface area contributed by atoms with Crippen LogP contribution in [0.5, 0.6) is 0 Å². The summed E-state index contributed by atoms with van der Waals surface area (Å²) < 4.78 is 40.6. The van der Waals surface area contributed by atoms with Gasteiger partial charge in [0.25, 0.3) is 0 Å². The van der Waals surface area contributed by atoms with Crippen molar-refractivity contribution in [1.29, 1.82) is 0 Å². The molecule has 1 atom stereocenters. The third kappa shape index (κ3) is 6.41. The Bertz CT molecular complexity index is 1150. The van der Waals surface area contributed by atoms with Gasteiger partial charge in [-0.15, -0.1) is 0 Å². The summed E-state index contributed by atoms with van der Waals surface area (Å²) in [7, 11) is 0. The molecule has 39 heavy (non-hydrogen) atoms. The third-order valence-electron chi connectivity index (χ3n) is 8.64. The summed E-state index contributed by atoms with van der Waals surface area (Å²) in [5, 5.41) is 0.682. The second-order valence-corrected chi connectivity index (χ2v) is 11.2. The number of fused-ring (bicyclic) bond motifs is 1. The highest BCUT2D eigenvalue weighted by Crippen LogP contribution is 2.35. The molecule has 0 N–H and O–H groups in total. The van der Waals surface area contributed by atoms with E-state index >= 15 is 0 Å². The molecule has 0 spiro atoms. The van der Waals surface area contributed by atoms with E-state index in [1.807, 2.05) is 19.6 Å². The number of pyridine rings is 1. The molecular weight excluding hydrogens is 507 g/mol. The largest absolute Gasteiger partial charge is 0.433 e. The molecule has 212 valence electrons. The maximum absolute atomic E-state index is 13.5. The number of para-hydroxylation sites is 1. The number of carbonyl (C=O) groups excluding carboxylic acids is 2. The molecule has 1 saturated carbocycles. The minimum absolute atomic E-state index is 0.00874. The number of amides is 3. The van der Waals surface area contributed by atoms with Gasteiger partial charge in [-0.25, -0.2) is 9.78 Å². The van der Waals surface area contributed by atoms with Crippen LogP contribution in [0.4, 0.5) is 23.7 Å². The topological polar surface area (TPSA) is 60.0 Å². The van der Waals surface area contributed by atoms with Crippen LogP contribution in [0.3, 0.4) is 0 Å². The first kappa shape index (κ1) is 27.5. The predicted molar refractivity (Wildman–Crippen MR) is 144 cm³/mol. The van der Waals surface area contributed by atoms with Gasteiger partial charge in [0.1, 0.15) is 5.69 Å². The van der Waals surface area contributed by atoms with Crippen molar-refractivity contribution in [2.45, 2.75) is 63.6 Å². The van der Waals surface area contributed by atoms with E-state index in [1.165, 1.54) is 19.3 Å². The Kier molecular flexibility index (Phi) is 8.47. The first-order chi connectivity index (χ1) is 18.8. The van der Waals surface area contributed by atoms with Crippen LogP contribution in [0.2, 0.25) is 0 Å². The number of anilines is 1. The SMILES string of the molecule is O=CN(CCC1CCCN(C(=O)N2CCN(c3cc(C(F)(F)F)nc4ccccc34)CC2)C1)C1CCCCC1. The normalized spacial score (nSPS) is 21.3. The first-order valence-corrected chi connectivity index (χ1v) is 14.3. The van der Waals surface area contributed by atoms with Gasteiger partial charge in [-0.2, -0.15) is 13.2 Å². The lowest BCUT2D eigenvalue weighted by Gasteiger charge is -2.41.